The van der Waals surface area contributed by atoms with Gasteiger partial charge in [-0.3, -0.25) is 0 Å². The molecular weight excluding hydrogens is 723 g/mol. The van der Waals surface area contributed by atoms with Crippen LogP contribution in [-0.2, 0) is 5.41 Å². The minimum Gasteiger partial charge on any atom is -0.456 e. The second-order valence-corrected chi connectivity index (χ2v) is 16.0. The van der Waals surface area contributed by atoms with Crippen LogP contribution in [0.1, 0.15) is 25.0 Å². The summed E-state index contributed by atoms with van der Waals surface area (Å²) in [6, 6.07) is 61.4. The molecule has 5 nitrogen and oxygen atoms in total. The molecule has 0 fully saturated rings. The third kappa shape index (κ3) is 5.28. The molecule has 0 amide bonds. The number of benzene rings is 8. The van der Waals surface area contributed by atoms with E-state index in [9.17, 15) is 0 Å². The number of rotatable bonds is 5. The Hall–Kier alpha value is -7.63. The monoisotopic (exact) mass is 757 g/mol. The predicted octanol–water partition coefficient (Wildman–Crippen LogP) is 14.3. The Morgan fingerprint density at radius 2 is 0.881 bits per heavy atom. The molecular formula is C54H35N3O2. The van der Waals surface area contributed by atoms with Crippen molar-refractivity contribution in [3.05, 3.63) is 187 Å². The van der Waals surface area contributed by atoms with Crippen LogP contribution < -0.4 is 0 Å². The van der Waals surface area contributed by atoms with Crippen molar-refractivity contribution in [3.63, 3.8) is 0 Å². The predicted molar refractivity (Wildman–Crippen MR) is 239 cm³/mol. The standard InChI is InChI=1S/C54H35N3O2/c1-54(2)44-16-8-6-13-38(44)41-29-35(23-26-45(41)54)36-24-27-48-43(30-36)50-40(15-10-18-49(50)59-48)53-56-51(34-21-19-33(20-22-34)32-11-4-3-5-12-32)55-52(57-53)37-25-28-47-42(31-37)39-14-7-9-17-46(39)58-47/h3-31H,1-2H3. The van der Waals surface area contributed by atoms with Crippen LogP contribution in [-0.4, -0.2) is 15.0 Å². The average molecular weight is 758 g/mol. The van der Waals surface area contributed by atoms with E-state index >= 15 is 0 Å². The van der Waals surface area contributed by atoms with Crippen molar-refractivity contribution in [1.29, 1.82) is 0 Å². The maximum Gasteiger partial charge on any atom is 0.164 e. The largest absolute Gasteiger partial charge is 0.456 e. The van der Waals surface area contributed by atoms with Gasteiger partial charge in [-0.05, 0) is 93.0 Å². The van der Waals surface area contributed by atoms with Crippen molar-refractivity contribution in [2.75, 3.05) is 0 Å². The fourth-order valence-electron chi connectivity index (χ4n) is 9.15. The topological polar surface area (TPSA) is 65.0 Å². The summed E-state index contributed by atoms with van der Waals surface area (Å²) in [5, 5.41) is 4.05. The summed E-state index contributed by atoms with van der Waals surface area (Å²) in [6.07, 6.45) is 0. The van der Waals surface area contributed by atoms with Gasteiger partial charge in [0.15, 0.2) is 17.5 Å². The van der Waals surface area contributed by atoms with E-state index in [0.29, 0.717) is 17.5 Å². The summed E-state index contributed by atoms with van der Waals surface area (Å²) in [5.74, 6) is 1.74. The Labute approximate surface area is 340 Å². The molecule has 3 heterocycles. The summed E-state index contributed by atoms with van der Waals surface area (Å²) >= 11 is 0. The number of hydrogen-bond acceptors (Lipinski definition) is 5. The van der Waals surface area contributed by atoms with Crippen LogP contribution in [0.25, 0.3) is 111 Å². The smallest absolute Gasteiger partial charge is 0.164 e. The molecule has 11 aromatic rings. The Kier molecular flexibility index (Phi) is 7.20. The lowest BCUT2D eigenvalue weighted by molar-refractivity contribution is 0.660. The van der Waals surface area contributed by atoms with Gasteiger partial charge in [0.05, 0.1) is 0 Å². The van der Waals surface area contributed by atoms with E-state index in [1.54, 1.807) is 0 Å². The highest BCUT2D eigenvalue weighted by atomic mass is 16.3. The number of para-hydroxylation sites is 1. The molecule has 8 aromatic carbocycles. The fourth-order valence-corrected chi connectivity index (χ4v) is 9.15. The van der Waals surface area contributed by atoms with E-state index < -0.39 is 0 Å². The van der Waals surface area contributed by atoms with Crippen LogP contribution in [0.5, 0.6) is 0 Å². The van der Waals surface area contributed by atoms with Gasteiger partial charge in [0.2, 0.25) is 0 Å². The molecule has 0 spiro atoms. The molecule has 0 N–H and O–H groups in total. The van der Waals surface area contributed by atoms with Crippen molar-refractivity contribution in [2.45, 2.75) is 19.3 Å². The van der Waals surface area contributed by atoms with Gasteiger partial charge < -0.3 is 8.83 Å². The second-order valence-electron chi connectivity index (χ2n) is 16.0. The number of hydrogen-bond donors (Lipinski definition) is 0. The third-order valence-corrected chi connectivity index (χ3v) is 12.2. The summed E-state index contributed by atoms with van der Waals surface area (Å²) < 4.78 is 12.7. The highest BCUT2D eigenvalue weighted by Crippen LogP contribution is 2.50. The van der Waals surface area contributed by atoms with Crippen LogP contribution in [0.2, 0.25) is 0 Å². The van der Waals surface area contributed by atoms with E-state index in [2.05, 4.69) is 141 Å². The minimum atomic E-state index is -0.0473. The zero-order valence-corrected chi connectivity index (χ0v) is 32.4. The van der Waals surface area contributed by atoms with E-state index in [1.807, 2.05) is 48.5 Å². The number of furan rings is 2. The van der Waals surface area contributed by atoms with Crippen molar-refractivity contribution in [3.8, 4) is 67.5 Å². The maximum absolute atomic E-state index is 6.54. The Morgan fingerprint density at radius 1 is 0.339 bits per heavy atom. The van der Waals surface area contributed by atoms with Gasteiger partial charge in [-0.2, -0.15) is 0 Å². The average Bonchev–Trinajstić information content (AvgIpc) is 3.93. The molecule has 5 heteroatoms. The Balaban J connectivity index is 1.03. The van der Waals surface area contributed by atoms with Gasteiger partial charge in [0, 0.05) is 43.7 Å². The summed E-state index contributed by atoms with van der Waals surface area (Å²) in [7, 11) is 0. The molecule has 0 unspecified atom stereocenters. The molecule has 12 rings (SSSR count). The molecule has 0 atom stereocenters. The first kappa shape index (κ1) is 33.5. The number of fused-ring (bicyclic) bond motifs is 9. The third-order valence-electron chi connectivity index (χ3n) is 12.2. The highest BCUT2D eigenvalue weighted by molar-refractivity contribution is 6.13. The van der Waals surface area contributed by atoms with Crippen LogP contribution in [0.4, 0.5) is 0 Å². The first-order chi connectivity index (χ1) is 29.0. The van der Waals surface area contributed by atoms with Crippen molar-refractivity contribution >= 4 is 43.9 Å². The summed E-state index contributed by atoms with van der Waals surface area (Å²) in [6.45, 7) is 4.64. The molecule has 1 aliphatic rings. The molecule has 0 radical (unpaired) electrons. The lowest BCUT2D eigenvalue weighted by atomic mass is 9.82. The summed E-state index contributed by atoms with van der Waals surface area (Å²) in [4.78, 5) is 15.6. The number of aromatic nitrogens is 3. The van der Waals surface area contributed by atoms with Gasteiger partial charge in [0.25, 0.3) is 0 Å². The lowest BCUT2D eigenvalue weighted by Gasteiger charge is -2.21. The Morgan fingerprint density at radius 3 is 1.75 bits per heavy atom. The molecule has 1 aliphatic carbocycles. The number of nitrogens with zero attached hydrogens (tertiary/aromatic N) is 3. The van der Waals surface area contributed by atoms with Crippen molar-refractivity contribution < 1.29 is 8.83 Å². The highest BCUT2D eigenvalue weighted by Gasteiger charge is 2.35. The van der Waals surface area contributed by atoms with E-state index in [-0.39, 0.29) is 5.41 Å². The van der Waals surface area contributed by atoms with Crippen molar-refractivity contribution in [2.24, 2.45) is 0 Å². The van der Waals surface area contributed by atoms with E-state index in [4.69, 9.17) is 23.8 Å². The fraction of sp³-hybridized carbons (Fsp3) is 0.0556. The molecule has 0 saturated heterocycles. The van der Waals surface area contributed by atoms with Gasteiger partial charge in [-0.1, -0.05) is 141 Å². The maximum atomic E-state index is 6.54. The van der Waals surface area contributed by atoms with Crippen LogP contribution in [0, 0.1) is 0 Å². The minimum absolute atomic E-state index is 0.0473. The first-order valence-electron chi connectivity index (χ1n) is 20.0. The van der Waals surface area contributed by atoms with Crippen LogP contribution in [0.3, 0.4) is 0 Å². The zero-order valence-electron chi connectivity index (χ0n) is 32.4. The lowest BCUT2D eigenvalue weighted by Crippen LogP contribution is -2.14. The molecule has 0 bridgehead atoms. The summed E-state index contributed by atoms with van der Waals surface area (Å²) in [5.41, 5.74) is 15.8. The normalized spacial score (nSPS) is 13.1. The first-order valence-corrected chi connectivity index (χ1v) is 20.0. The zero-order chi connectivity index (χ0) is 39.2. The van der Waals surface area contributed by atoms with Crippen LogP contribution in [0.15, 0.2) is 185 Å². The molecule has 278 valence electrons. The van der Waals surface area contributed by atoms with E-state index in [0.717, 1.165) is 82.8 Å². The van der Waals surface area contributed by atoms with Gasteiger partial charge in [-0.25, -0.2) is 15.0 Å². The van der Waals surface area contributed by atoms with E-state index in [1.165, 1.54) is 22.3 Å². The quantitative estimate of drug-likeness (QED) is 0.175. The van der Waals surface area contributed by atoms with Gasteiger partial charge in [0.1, 0.15) is 22.3 Å². The molecule has 0 aliphatic heterocycles. The molecule has 59 heavy (non-hydrogen) atoms. The van der Waals surface area contributed by atoms with Crippen LogP contribution >= 0.6 is 0 Å². The van der Waals surface area contributed by atoms with Gasteiger partial charge >= 0.3 is 0 Å². The molecule has 3 aromatic heterocycles. The van der Waals surface area contributed by atoms with Gasteiger partial charge in [-0.15, -0.1) is 0 Å². The second kappa shape index (κ2) is 12.7. The molecule has 0 saturated carbocycles. The Bertz CT molecular complexity index is 3470. The SMILES string of the molecule is CC1(C)c2ccccc2-c2cc(-c3ccc4oc5cccc(-c6nc(-c7ccc(-c8ccccc8)cc7)nc(-c7ccc8oc9ccccc9c8c7)n6)c5c4c3)ccc21. The van der Waals surface area contributed by atoms with Crippen molar-refractivity contribution in [1.82, 2.24) is 15.0 Å².